The zero-order chi connectivity index (χ0) is 13.8. The fourth-order valence-corrected chi connectivity index (χ4v) is 3.08. The van der Waals surface area contributed by atoms with E-state index >= 15 is 0 Å². The van der Waals surface area contributed by atoms with Crippen molar-refractivity contribution in [1.29, 1.82) is 0 Å². The van der Waals surface area contributed by atoms with Crippen molar-refractivity contribution in [2.45, 2.75) is 18.9 Å². The van der Waals surface area contributed by atoms with Crippen LogP contribution in [0.4, 0.5) is 0 Å². The molecule has 0 aromatic carbocycles. The van der Waals surface area contributed by atoms with Crippen LogP contribution in [0.25, 0.3) is 0 Å². The molecule has 0 bridgehead atoms. The maximum atomic E-state index is 12.0. The normalized spacial score (nSPS) is 17.2. The molecule has 0 radical (unpaired) electrons. The number of nitrogens with zero attached hydrogens (tertiary/aromatic N) is 2. The number of rotatable bonds is 5. The van der Waals surface area contributed by atoms with Crippen LogP contribution in [0.2, 0.25) is 0 Å². The van der Waals surface area contributed by atoms with Crippen LogP contribution in [-0.4, -0.2) is 35.4 Å². The topological polar surface area (TPSA) is 58.4 Å². The van der Waals surface area contributed by atoms with Gasteiger partial charge in [0.15, 0.2) is 0 Å². The predicted octanol–water partition coefficient (Wildman–Crippen LogP) is 2.30. The Morgan fingerprint density at radius 3 is 3.00 bits per heavy atom. The van der Waals surface area contributed by atoms with Gasteiger partial charge in [-0.2, -0.15) is 0 Å². The third kappa shape index (κ3) is 2.91. The van der Waals surface area contributed by atoms with Gasteiger partial charge in [-0.25, -0.2) is 4.98 Å². The Balaban J connectivity index is 1.66. The molecule has 1 unspecified atom stereocenters. The molecule has 6 heteroatoms. The second-order valence-electron chi connectivity index (χ2n) is 4.86. The molecule has 106 valence electrons. The molecule has 0 spiro atoms. The smallest absolute Gasteiger partial charge is 0.270 e. The van der Waals surface area contributed by atoms with Gasteiger partial charge in [0.1, 0.15) is 11.5 Å². The summed E-state index contributed by atoms with van der Waals surface area (Å²) in [5.41, 5.74) is 2.15. The fraction of sp³-hybridized carbons (Fsp3) is 0.429. The number of likely N-dealkylation sites (tertiary alicyclic amines) is 1. The number of carbonyl (C=O) groups is 1. The lowest BCUT2D eigenvalue weighted by Gasteiger charge is -2.25. The molecule has 1 N–H and O–H groups in total. The molecule has 1 amide bonds. The molecule has 2 aromatic rings. The van der Waals surface area contributed by atoms with Gasteiger partial charge < -0.3 is 9.73 Å². The number of hydrogen-bond donors (Lipinski definition) is 1. The molecule has 3 heterocycles. The van der Waals surface area contributed by atoms with E-state index in [1.807, 2.05) is 12.1 Å². The lowest BCUT2D eigenvalue weighted by molar-refractivity contribution is 0.0929. The fourth-order valence-electron chi connectivity index (χ4n) is 2.55. The Morgan fingerprint density at radius 2 is 2.35 bits per heavy atom. The Bertz CT molecular complexity index is 533. The highest BCUT2D eigenvalue weighted by Gasteiger charge is 2.26. The molecule has 5 nitrogen and oxygen atoms in total. The van der Waals surface area contributed by atoms with E-state index in [4.69, 9.17) is 4.42 Å². The van der Waals surface area contributed by atoms with Crippen molar-refractivity contribution in [2.24, 2.45) is 0 Å². The zero-order valence-corrected chi connectivity index (χ0v) is 11.9. The van der Waals surface area contributed by atoms with E-state index in [-0.39, 0.29) is 11.9 Å². The maximum absolute atomic E-state index is 12.0. The van der Waals surface area contributed by atoms with Gasteiger partial charge in [0, 0.05) is 11.9 Å². The number of carbonyl (C=O) groups excluding carboxylic acids is 1. The van der Waals surface area contributed by atoms with Gasteiger partial charge in [0.2, 0.25) is 0 Å². The summed E-state index contributed by atoms with van der Waals surface area (Å²) in [5, 5.41) is 4.71. The largest absolute Gasteiger partial charge is 0.468 e. The van der Waals surface area contributed by atoms with E-state index in [1.165, 1.54) is 24.2 Å². The minimum absolute atomic E-state index is 0.107. The molecule has 1 atom stereocenters. The second-order valence-corrected chi connectivity index (χ2v) is 5.58. The Labute approximate surface area is 121 Å². The van der Waals surface area contributed by atoms with E-state index < -0.39 is 0 Å². The summed E-state index contributed by atoms with van der Waals surface area (Å²) in [5.74, 6) is 0.785. The maximum Gasteiger partial charge on any atom is 0.270 e. The van der Waals surface area contributed by atoms with E-state index in [0.717, 1.165) is 18.8 Å². The number of furan rings is 1. The van der Waals surface area contributed by atoms with Crippen LogP contribution in [0.5, 0.6) is 0 Å². The van der Waals surface area contributed by atoms with Gasteiger partial charge in [0.05, 0.1) is 17.8 Å². The molecule has 1 aliphatic rings. The summed E-state index contributed by atoms with van der Waals surface area (Å²) in [4.78, 5) is 18.4. The first-order valence-corrected chi connectivity index (χ1v) is 7.73. The predicted molar refractivity (Wildman–Crippen MR) is 76.7 cm³/mol. The molecule has 20 heavy (non-hydrogen) atoms. The summed E-state index contributed by atoms with van der Waals surface area (Å²) in [6, 6.07) is 3.97. The van der Waals surface area contributed by atoms with Crippen molar-refractivity contribution in [2.75, 3.05) is 19.6 Å². The zero-order valence-electron chi connectivity index (χ0n) is 11.1. The van der Waals surface area contributed by atoms with Crippen LogP contribution < -0.4 is 5.32 Å². The summed E-state index contributed by atoms with van der Waals surface area (Å²) in [7, 11) is 0. The second kappa shape index (κ2) is 6.19. The van der Waals surface area contributed by atoms with Crippen LogP contribution in [0, 0.1) is 0 Å². The van der Waals surface area contributed by atoms with Gasteiger partial charge >= 0.3 is 0 Å². The van der Waals surface area contributed by atoms with Crippen LogP contribution >= 0.6 is 11.3 Å². The third-order valence-corrected chi connectivity index (χ3v) is 4.16. The monoisotopic (exact) mass is 291 g/mol. The first-order valence-electron chi connectivity index (χ1n) is 6.78. The number of nitrogens with one attached hydrogen (secondary N) is 1. The Morgan fingerprint density at radius 1 is 1.50 bits per heavy atom. The summed E-state index contributed by atoms with van der Waals surface area (Å²) < 4.78 is 5.52. The molecular formula is C14H17N3O2S. The average Bonchev–Trinajstić information content (AvgIpc) is 3.22. The summed E-state index contributed by atoms with van der Waals surface area (Å²) in [6.07, 6.45) is 4.09. The lowest BCUT2D eigenvalue weighted by atomic mass is 10.2. The van der Waals surface area contributed by atoms with E-state index in [9.17, 15) is 4.79 Å². The van der Waals surface area contributed by atoms with Crippen molar-refractivity contribution in [3.05, 3.63) is 40.7 Å². The standard InChI is InChI=1S/C14H17N3O2S/c18-14(11-9-20-10-16-11)15-8-12(13-4-3-7-19-13)17-5-1-2-6-17/h3-4,7,9-10,12H,1-2,5-6,8H2,(H,15,18). The minimum atomic E-state index is -0.123. The van der Waals surface area contributed by atoms with Crippen molar-refractivity contribution in [3.63, 3.8) is 0 Å². The number of aromatic nitrogens is 1. The van der Waals surface area contributed by atoms with Crippen LogP contribution in [-0.2, 0) is 0 Å². The Hall–Kier alpha value is -1.66. The number of amides is 1. The first-order chi connectivity index (χ1) is 9.84. The van der Waals surface area contributed by atoms with Gasteiger partial charge in [-0.1, -0.05) is 0 Å². The molecule has 1 aliphatic heterocycles. The van der Waals surface area contributed by atoms with Crippen LogP contribution in [0.15, 0.2) is 33.7 Å². The van der Waals surface area contributed by atoms with Crippen LogP contribution in [0.1, 0.15) is 35.1 Å². The van der Waals surface area contributed by atoms with Crippen molar-refractivity contribution in [1.82, 2.24) is 15.2 Å². The van der Waals surface area contributed by atoms with E-state index in [1.54, 1.807) is 17.2 Å². The minimum Gasteiger partial charge on any atom is -0.468 e. The van der Waals surface area contributed by atoms with Gasteiger partial charge in [0.25, 0.3) is 5.91 Å². The van der Waals surface area contributed by atoms with Crippen molar-refractivity contribution < 1.29 is 9.21 Å². The molecule has 0 aliphatic carbocycles. The molecular weight excluding hydrogens is 274 g/mol. The van der Waals surface area contributed by atoms with E-state index in [2.05, 4.69) is 15.2 Å². The van der Waals surface area contributed by atoms with Gasteiger partial charge in [-0.05, 0) is 38.1 Å². The molecule has 2 aromatic heterocycles. The lowest BCUT2D eigenvalue weighted by Crippen LogP contribution is -2.36. The molecule has 1 saturated heterocycles. The molecule has 3 rings (SSSR count). The van der Waals surface area contributed by atoms with Crippen LogP contribution in [0.3, 0.4) is 0 Å². The summed E-state index contributed by atoms with van der Waals surface area (Å²) in [6.45, 7) is 2.65. The van der Waals surface area contributed by atoms with Crippen molar-refractivity contribution in [3.8, 4) is 0 Å². The van der Waals surface area contributed by atoms with Gasteiger partial charge in [-0.3, -0.25) is 9.69 Å². The van der Waals surface area contributed by atoms with E-state index in [0.29, 0.717) is 12.2 Å². The first kappa shape index (κ1) is 13.3. The molecule has 0 saturated carbocycles. The third-order valence-electron chi connectivity index (χ3n) is 3.57. The highest BCUT2D eigenvalue weighted by atomic mass is 32.1. The van der Waals surface area contributed by atoms with Gasteiger partial charge in [-0.15, -0.1) is 11.3 Å². The molecule has 1 fully saturated rings. The van der Waals surface area contributed by atoms with Crippen molar-refractivity contribution >= 4 is 17.2 Å². The number of hydrogen-bond acceptors (Lipinski definition) is 5. The summed E-state index contributed by atoms with van der Waals surface area (Å²) >= 11 is 1.42. The highest BCUT2D eigenvalue weighted by molar-refractivity contribution is 7.07. The average molecular weight is 291 g/mol. The SMILES string of the molecule is O=C(NCC(c1ccco1)N1CCCC1)c1cscn1. The number of thiazole rings is 1. The Kier molecular flexibility index (Phi) is 4.13. The quantitative estimate of drug-likeness (QED) is 0.918. The highest BCUT2D eigenvalue weighted by Crippen LogP contribution is 2.24.